The van der Waals surface area contributed by atoms with Crippen LogP contribution in [0.2, 0.25) is 0 Å². The van der Waals surface area contributed by atoms with Gasteiger partial charge in [0.1, 0.15) is 11.5 Å². The number of ether oxygens (including phenoxy) is 1. The van der Waals surface area contributed by atoms with Gasteiger partial charge in [0.25, 0.3) is 0 Å². The predicted octanol–water partition coefficient (Wildman–Crippen LogP) is 4.36. The molecule has 1 aliphatic heterocycles. The average Bonchev–Trinajstić information content (AvgIpc) is 3.04. The molecule has 1 N–H and O–H groups in total. The lowest BCUT2D eigenvalue weighted by Crippen LogP contribution is -2.45. The van der Waals surface area contributed by atoms with Crippen molar-refractivity contribution in [1.82, 2.24) is 10.2 Å². The molecule has 3 rings (SSSR count). The molecule has 0 saturated carbocycles. The molecule has 2 heterocycles. The molecule has 1 fully saturated rings. The molecular weight excluding hydrogens is 425 g/mol. The molecule has 0 aliphatic carbocycles. The average molecular weight is 442 g/mol. The van der Waals surface area contributed by atoms with E-state index in [1.54, 1.807) is 18.2 Å². The largest absolute Gasteiger partial charge is 0.573 e. The molecular formula is C16H17BrClF3N2O2. The minimum Gasteiger partial charge on any atom is -0.467 e. The minimum atomic E-state index is -4.75. The molecule has 0 radical (unpaired) electrons. The summed E-state index contributed by atoms with van der Waals surface area (Å²) in [6.45, 7) is 2.92. The van der Waals surface area contributed by atoms with Crippen molar-refractivity contribution in [3.8, 4) is 5.75 Å². The highest BCUT2D eigenvalue weighted by Gasteiger charge is 2.35. The van der Waals surface area contributed by atoms with Crippen LogP contribution in [0.1, 0.15) is 17.4 Å². The van der Waals surface area contributed by atoms with Crippen LogP contribution in [-0.2, 0) is 0 Å². The molecule has 1 aromatic carbocycles. The Kier molecular flexibility index (Phi) is 6.79. The van der Waals surface area contributed by atoms with Crippen LogP contribution < -0.4 is 10.1 Å². The number of hydrogen-bond donors (Lipinski definition) is 1. The summed E-state index contributed by atoms with van der Waals surface area (Å²) < 4.78 is 48.8. The molecule has 25 heavy (non-hydrogen) atoms. The highest BCUT2D eigenvalue weighted by Crippen LogP contribution is 2.38. The second kappa shape index (κ2) is 8.44. The molecule has 1 aliphatic rings. The molecule has 138 valence electrons. The van der Waals surface area contributed by atoms with E-state index in [0.29, 0.717) is 28.9 Å². The van der Waals surface area contributed by atoms with Crippen molar-refractivity contribution in [1.29, 1.82) is 0 Å². The summed E-state index contributed by atoms with van der Waals surface area (Å²) in [4.78, 5) is 2.08. The third kappa shape index (κ3) is 5.13. The van der Waals surface area contributed by atoms with E-state index in [4.69, 9.17) is 4.42 Å². The fourth-order valence-corrected chi connectivity index (χ4v) is 3.25. The van der Waals surface area contributed by atoms with E-state index in [0.717, 1.165) is 13.1 Å². The summed E-state index contributed by atoms with van der Waals surface area (Å²) in [5.74, 6) is 0.368. The van der Waals surface area contributed by atoms with E-state index in [2.05, 4.69) is 30.9 Å². The predicted molar refractivity (Wildman–Crippen MR) is 93.1 cm³/mol. The summed E-state index contributed by atoms with van der Waals surface area (Å²) in [7, 11) is 0. The first kappa shape index (κ1) is 20.1. The van der Waals surface area contributed by atoms with E-state index in [-0.39, 0.29) is 18.2 Å². The van der Waals surface area contributed by atoms with Gasteiger partial charge in [0.2, 0.25) is 0 Å². The Labute approximate surface area is 157 Å². The maximum absolute atomic E-state index is 12.8. The number of rotatable bonds is 4. The lowest BCUT2D eigenvalue weighted by Gasteiger charge is -2.34. The molecule has 0 amide bonds. The van der Waals surface area contributed by atoms with Gasteiger partial charge in [-0.2, -0.15) is 0 Å². The van der Waals surface area contributed by atoms with Gasteiger partial charge in [-0.3, -0.25) is 4.90 Å². The van der Waals surface area contributed by atoms with Gasteiger partial charge < -0.3 is 14.5 Å². The van der Waals surface area contributed by atoms with Crippen LogP contribution in [0, 0.1) is 0 Å². The zero-order valence-electron chi connectivity index (χ0n) is 13.1. The number of alkyl halides is 3. The number of halogens is 5. The van der Waals surface area contributed by atoms with Crippen LogP contribution in [0.3, 0.4) is 0 Å². The Morgan fingerprint density at radius 3 is 2.52 bits per heavy atom. The van der Waals surface area contributed by atoms with Crippen molar-refractivity contribution in [2.24, 2.45) is 0 Å². The van der Waals surface area contributed by atoms with Crippen LogP contribution in [0.4, 0.5) is 13.2 Å². The summed E-state index contributed by atoms with van der Waals surface area (Å²) in [6, 6.07) is 7.55. The maximum atomic E-state index is 12.8. The van der Waals surface area contributed by atoms with Crippen LogP contribution in [0.5, 0.6) is 5.75 Å². The van der Waals surface area contributed by atoms with E-state index >= 15 is 0 Å². The topological polar surface area (TPSA) is 37.6 Å². The van der Waals surface area contributed by atoms with Crippen LogP contribution in [0.25, 0.3) is 0 Å². The number of furan rings is 1. The first-order valence-electron chi connectivity index (χ1n) is 7.47. The zero-order chi connectivity index (χ0) is 17.2. The molecule has 0 spiro atoms. The van der Waals surface area contributed by atoms with Gasteiger partial charge in [-0.05, 0) is 30.3 Å². The third-order valence-electron chi connectivity index (χ3n) is 3.82. The summed E-state index contributed by atoms with van der Waals surface area (Å²) in [5, 5.41) is 3.24. The number of nitrogens with zero attached hydrogens (tertiary/aromatic N) is 1. The molecule has 2 aromatic rings. The fourth-order valence-electron chi connectivity index (χ4n) is 2.87. The second-order valence-corrected chi connectivity index (χ2v) is 6.35. The maximum Gasteiger partial charge on any atom is 0.573 e. The van der Waals surface area contributed by atoms with Gasteiger partial charge >= 0.3 is 6.36 Å². The third-order valence-corrected chi connectivity index (χ3v) is 4.31. The fraction of sp³-hybridized carbons (Fsp3) is 0.375. The van der Waals surface area contributed by atoms with Crippen molar-refractivity contribution >= 4 is 28.3 Å². The van der Waals surface area contributed by atoms with E-state index in [9.17, 15) is 13.2 Å². The number of piperazine rings is 1. The first-order valence-corrected chi connectivity index (χ1v) is 8.27. The SMILES string of the molecule is Cl.FC(F)(F)Oc1ccc(Br)cc1[C@H](c1ccco1)N1CCNCC1. The number of nitrogens with one attached hydrogen (secondary N) is 1. The normalized spacial score (nSPS) is 17.0. The Morgan fingerprint density at radius 1 is 1.20 bits per heavy atom. The quantitative estimate of drug-likeness (QED) is 0.765. The lowest BCUT2D eigenvalue weighted by atomic mass is 10.0. The minimum absolute atomic E-state index is 0. The van der Waals surface area contributed by atoms with Gasteiger partial charge in [0.15, 0.2) is 0 Å². The van der Waals surface area contributed by atoms with E-state index in [1.807, 2.05) is 0 Å². The number of hydrogen-bond acceptors (Lipinski definition) is 4. The molecule has 1 saturated heterocycles. The summed E-state index contributed by atoms with van der Waals surface area (Å²) >= 11 is 3.33. The standard InChI is InChI=1S/C16H16BrF3N2O2.ClH/c17-11-3-4-13(24-16(18,19)20)12(10-11)15(14-2-1-9-23-14)22-7-5-21-6-8-22;/h1-4,9-10,15,21H,5-8H2;1H/t15-;/m1./s1. The molecule has 1 atom stereocenters. The van der Waals surface area contributed by atoms with E-state index in [1.165, 1.54) is 18.4 Å². The van der Waals surface area contributed by atoms with Crippen LogP contribution in [0.15, 0.2) is 45.5 Å². The van der Waals surface area contributed by atoms with Crippen molar-refractivity contribution in [3.05, 3.63) is 52.4 Å². The molecule has 9 heteroatoms. The van der Waals surface area contributed by atoms with Crippen molar-refractivity contribution < 1.29 is 22.3 Å². The Bertz CT molecular complexity index is 677. The van der Waals surface area contributed by atoms with Crippen molar-refractivity contribution in [3.63, 3.8) is 0 Å². The van der Waals surface area contributed by atoms with Crippen LogP contribution in [-0.4, -0.2) is 37.4 Å². The van der Waals surface area contributed by atoms with Gasteiger partial charge in [0, 0.05) is 36.2 Å². The second-order valence-electron chi connectivity index (χ2n) is 5.43. The smallest absolute Gasteiger partial charge is 0.467 e. The van der Waals surface area contributed by atoms with Crippen LogP contribution >= 0.6 is 28.3 Å². The summed E-state index contributed by atoms with van der Waals surface area (Å²) in [5.41, 5.74) is 0.415. The Hall–Kier alpha value is -1.22. The van der Waals surface area contributed by atoms with Gasteiger partial charge in [-0.15, -0.1) is 25.6 Å². The molecule has 1 aromatic heterocycles. The highest BCUT2D eigenvalue weighted by molar-refractivity contribution is 9.10. The van der Waals surface area contributed by atoms with Crippen molar-refractivity contribution in [2.45, 2.75) is 12.4 Å². The molecule has 0 bridgehead atoms. The highest BCUT2D eigenvalue weighted by atomic mass is 79.9. The lowest BCUT2D eigenvalue weighted by molar-refractivity contribution is -0.275. The monoisotopic (exact) mass is 440 g/mol. The van der Waals surface area contributed by atoms with Gasteiger partial charge in [0.05, 0.1) is 12.3 Å². The Morgan fingerprint density at radius 2 is 1.92 bits per heavy atom. The molecule has 0 unspecified atom stereocenters. The first-order chi connectivity index (χ1) is 11.4. The summed E-state index contributed by atoms with van der Waals surface area (Å²) in [6.07, 6.45) is -3.23. The zero-order valence-corrected chi connectivity index (χ0v) is 15.5. The van der Waals surface area contributed by atoms with Crippen molar-refractivity contribution in [2.75, 3.05) is 26.2 Å². The Balaban J connectivity index is 0.00000225. The van der Waals surface area contributed by atoms with Gasteiger partial charge in [-0.1, -0.05) is 15.9 Å². The van der Waals surface area contributed by atoms with Gasteiger partial charge in [-0.25, -0.2) is 0 Å². The van der Waals surface area contributed by atoms with E-state index < -0.39 is 12.4 Å². The number of benzene rings is 1. The molecule has 4 nitrogen and oxygen atoms in total.